The number of hydrogen-bond acceptors (Lipinski definition) is 7. The Hall–Kier alpha value is -4.58. The van der Waals surface area contributed by atoms with E-state index in [1.165, 1.54) is 12.1 Å². The molecule has 0 spiro atoms. The second-order valence-corrected chi connectivity index (χ2v) is 10.6. The molecule has 3 heterocycles. The summed E-state index contributed by atoms with van der Waals surface area (Å²) >= 11 is 0. The van der Waals surface area contributed by atoms with Gasteiger partial charge >= 0.3 is 6.61 Å². The minimum absolute atomic E-state index is 0.0551. The van der Waals surface area contributed by atoms with Crippen LogP contribution in [0, 0.1) is 12.8 Å². The molecular weight excluding hydrogens is 544 g/mol. The normalized spacial score (nSPS) is 14.5. The zero-order chi connectivity index (χ0) is 30.0. The molecular formula is C30H33F2N7O3. The molecule has 10 nitrogen and oxygen atoms in total. The minimum Gasteiger partial charge on any atom is -0.435 e. The summed E-state index contributed by atoms with van der Waals surface area (Å²) < 4.78 is 31.3. The minimum atomic E-state index is -2.89. The molecule has 2 aromatic heterocycles. The zero-order valence-electron chi connectivity index (χ0n) is 23.6. The second kappa shape index (κ2) is 12.1. The van der Waals surface area contributed by atoms with E-state index in [9.17, 15) is 18.4 Å². The first-order valence-electron chi connectivity index (χ1n) is 13.7. The lowest BCUT2D eigenvalue weighted by Gasteiger charge is -2.36. The zero-order valence-corrected chi connectivity index (χ0v) is 23.6. The van der Waals surface area contributed by atoms with Crippen molar-refractivity contribution in [1.29, 1.82) is 0 Å². The Bertz CT molecular complexity index is 1580. The number of aryl methyl sites for hydroxylation is 1. The molecule has 12 heteroatoms. The number of nitrogens with one attached hydrogen (secondary N) is 1. The molecule has 0 bridgehead atoms. The number of fused-ring (bicyclic) bond motifs is 1. The molecule has 1 aliphatic heterocycles. The summed E-state index contributed by atoms with van der Waals surface area (Å²) in [5, 5.41) is 3.29. The molecule has 1 aliphatic rings. The van der Waals surface area contributed by atoms with Crippen LogP contribution in [-0.4, -0.2) is 74.8 Å². The molecule has 1 unspecified atom stereocenters. The highest BCUT2D eigenvalue weighted by Gasteiger charge is 2.29. The Morgan fingerprint density at radius 1 is 1.00 bits per heavy atom. The lowest BCUT2D eigenvalue weighted by atomic mass is 10.0. The fourth-order valence-corrected chi connectivity index (χ4v) is 4.94. The number of halogens is 2. The van der Waals surface area contributed by atoms with Gasteiger partial charge in [0.15, 0.2) is 11.5 Å². The van der Waals surface area contributed by atoms with Gasteiger partial charge < -0.3 is 25.6 Å². The van der Waals surface area contributed by atoms with E-state index in [-0.39, 0.29) is 23.5 Å². The van der Waals surface area contributed by atoms with Crippen LogP contribution in [0.15, 0.2) is 61.1 Å². The van der Waals surface area contributed by atoms with E-state index < -0.39 is 12.7 Å². The number of carbonyl (C=O) groups is 2. The van der Waals surface area contributed by atoms with Crippen LogP contribution in [0.1, 0.15) is 29.8 Å². The van der Waals surface area contributed by atoms with E-state index in [1.807, 2.05) is 37.3 Å². The van der Waals surface area contributed by atoms with Crippen molar-refractivity contribution in [2.75, 3.05) is 31.5 Å². The number of amides is 2. The fraction of sp³-hybridized carbons (Fsp3) is 0.333. The number of piperazine rings is 1. The van der Waals surface area contributed by atoms with Crippen molar-refractivity contribution < 1.29 is 23.1 Å². The average molecular weight is 578 g/mol. The topological polar surface area (TPSA) is 118 Å². The van der Waals surface area contributed by atoms with Crippen LogP contribution in [0.25, 0.3) is 16.9 Å². The average Bonchev–Trinajstić information content (AvgIpc) is 3.41. The van der Waals surface area contributed by atoms with Gasteiger partial charge in [0.05, 0.1) is 17.9 Å². The van der Waals surface area contributed by atoms with Crippen molar-refractivity contribution in [2.45, 2.75) is 33.4 Å². The first-order valence-corrected chi connectivity index (χ1v) is 13.7. The molecule has 2 aromatic carbocycles. The second-order valence-electron chi connectivity index (χ2n) is 10.6. The summed E-state index contributed by atoms with van der Waals surface area (Å²) in [6.07, 6.45) is 5.09. The van der Waals surface area contributed by atoms with Gasteiger partial charge in [0, 0.05) is 55.4 Å². The standard InChI is InChI=1S/C30H33F2N7O3/c1-18(2)25(33)29(41)38-14-12-37(13-15-38)28(40)23-9-6-21(16-19(23)3)36-26-27-35-17-24(39(27)11-10-34-26)20-4-7-22(8-5-20)42-30(31)32/h4-11,16-18,25,30H,12-15,33H2,1-3H3,(H,34,36). The molecule has 0 radical (unpaired) electrons. The number of imidazole rings is 1. The van der Waals surface area contributed by atoms with Gasteiger partial charge in [-0.05, 0) is 60.9 Å². The van der Waals surface area contributed by atoms with Crippen molar-refractivity contribution in [2.24, 2.45) is 11.7 Å². The van der Waals surface area contributed by atoms with Crippen LogP contribution >= 0.6 is 0 Å². The summed E-state index contributed by atoms with van der Waals surface area (Å²) in [5.74, 6) is 0.490. The summed E-state index contributed by atoms with van der Waals surface area (Å²) in [6, 6.07) is 11.3. The van der Waals surface area contributed by atoms with E-state index in [0.29, 0.717) is 43.2 Å². The Morgan fingerprint density at radius 3 is 2.33 bits per heavy atom. The fourth-order valence-electron chi connectivity index (χ4n) is 4.94. The number of nitrogens with two attached hydrogens (primary N) is 1. The summed E-state index contributed by atoms with van der Waals surface area (Å²) in [5.41, 5.74) is 10.3. The Kier molecular flexibility index (Phi) is 8.34. The van der Waals surface area contributed by atoms with E-state index >= 15 is 0 Å². The maximum atomic E-state index is 13.3. The van der Waals surface area contributed by atoms with Crippen molar-refractivity contribution in [3.05, 3.63) is 72.2 Å². The van der Waals surface area contributed by atoms with Crippen LogP contribution in [0.5, 0.6) is 5.75 Å². The van der Waals surface area contributed by atoms with Gasteiger partial charge in [-0.3, -0.25) is 14.0 Å². The summed E-state index contributed by atoms with van der Waals surface area (Å²) in [7, 11) is 0. The van der Waals surface area contributed by atoms with Crippen molar-refractivity contribution in [3.8, 4) is 17.0 Å². The third-order valence-corrected chi connectivity index (χ3v) is 7.40. The number of carbonyl (C=O) groups excluding carboxylic acids is 2. The third-order valence-electron chi connectivity index (χ3n) is 7.40. The highest BCUT2D eigenvalue weighted by molar-refractivity contribution is 5.96. The van der Waals surface area contributed by atoms with Gasteiger partial charge in [-0.2, -0.15) is 8.78 Å². The number of ether oxygens (including phenoxy) is 1. The molecule has 5 rings (SSSR count). The van der Waals surface area contributed by atoms with Gasteiger partial charge in [-0.25, -0.2) is 9.97 Å². The third kappa shape index (κ3) is 6.03. The summed E-state index contributed by atoms with van der Waals surface area (Å²) in [6.45, 7) is 4.65. The predicted octanol–water partition coefficient (Wildman–Crippen LogP) is 4.32. The first-order chi connectivity index (χ1) is 20.1. The van der Waals surface area contributed by atoms with Gasteiger partial charge in [0.2, 0.25) is 5.91 Å². The number of rotatable bonds is 8. The maximum Gasteiger partial charge on any atom is 0.387 e. The van der Waals surface area contributed by atoms with Crippen molar-refractivity contribution in [3.63, 3.8) is 0 Å². The lowest BCUT2D eigenvalue weighted by molar-refractivity contribution is -0.135. The van der Waals surface area contributed by atoms with Crippen LogP contribution in [0.3, 0.4) is 0 Å². The first kappa shape index (κ1) is 28.9. The van der Waals surface area contributed by atoms with Crippen LogP contribution in [-0.2, 0) is 4.79 Å². The number of nitrogens with zero attached hydrogens (tertiary/aromatic N) is 5. The number of hydrogen-bond donors (Lipinski definition) is 2. The number of aromatic nitrogens is 3. The van der Waals surface area contributed by atoms with E-state index in [2.05, 4.69) is 20.0 Å². The predicted molar refractivity (Wildman–Crippen MR) is 155 cm³/mol. The Morgan fingerprint density at radius 2 is 1.69 bits per heavy atom. The molecule has 1 atom stereocenters. The molecule has 2 amide bonds. The van der Waals surface area contributed by atoms with E-state index in [1.54, 1.807) is 46.6 Å². The smallest absolute Gasteiger partial charge is 0.387 e. The maximum absolute atomic E-state index is 13.3. The molecule has 0 saturated carbocycles. The van der Waals surface area contributed by atoms with Gasteiger partial charge in [-0.15, -0.1) is 0 Å². The number of alkyl halides is 2. The molecule has 42 heavy (non-hydrogen) atoms. The van der Waals surface area contributed by atoms with E-state index in [4.69, 9.17) is 5.73 Å². The molecule has 1 saturated heterocycles. The van der Waals surface area contributed by atoms with E-state index in [0.717, 1.165) is 22.5 Å². The Balaban J connectivity index is 1.27. The van der Waals surface area contributed by atoms with Crippen LogP contribution in [0.4, 0.5) is 20.3 Å². The highest BCUT2D eigenvalue weighted by atomic mass is 19.3. The lowest BCUT2D eigenvalue weighted by Crippen LogP contribution is -2.55. The van der Waals surface area contributed by atoms with Gasteiger partial charge in [-0.1, -0.05) is 13.8 Å². The van der Waals surface area contributed by atoms with Gasteiger partial charge in [0.25, 0.3) is 5.91 Å². The molecule has 3 N–H and O–H groups in total. The highest BCUT2D eigenvalue weighted by Crippen LogP contribution is 2.28. The molecule has 0 aliphatic carbocycles. The van der Waals surface area contributed by atoms with Gasteiger partial charge in [0.1, 0.15) is 5.75 Å². The number of anilines is 2. The molecule has 220 valence electrons. The van der Waals surface area contributed by atoms with Crippen molar-refractivity contribution in [1.82, 2.24) is 24.2 Å². The summed E-state index contributed by atoms with van der Waals surface area (Å²) in [4.78, 5) is 38.3. The quantitative estimate of drug-likeness (QED) is 0.320. The number of benzene rings is 2. The largest absolute Gasteiger partial charge is 0.435 e. The molecule has 4 aromatic rings. The van der Waals surface area contributed by atoms with Crippen LogP contribution < -0.4 is 15.8 Å². The Labute approximate surface area is 242 Å². The van der Waals surface area contributed by atoms with Crippen molar-refractivity contribution >= 4 is 29.0 Å². The SMILES string of the molecule is Cc1cc(Nc2nccn3c(-c4ccc(OC(F)F)cc4)cnc23)ccc1C(=O)N1CCN(C(=O)C(N)C(C)C)CC1. The molecule has 1 fully saturated rings. The van der Waals surface area contributed by atoms with Crippen LogP contribution in [0.2, 0.25) is 0 Å². The monoisotopic (exact) mass is 577 g/mol.